The number of rotatable bonds is 5. The molecule has 1 aromatic heterocycles. The Hall–Kier alpha value is -1.33. The molecule has 0 saturated heterocycles. The number of nitrogens with one attached hydrogen (secondary N) is 1. The Balaban J connectivity index is 2.10. The first kappa shape index (κ1) is 12.1. The van der Waals surface area contributed by atoms with Crippen molar-refractivity contribution in [2.75, 3.05) is 11.9 Å². The highest BCUT2D eigenvalue weighted by Gasteiger charge is 2.05. The molecule has 1 aromatic carbocycles. The molecule has 1 heterocycles. The van der Waals surface area contributed by atoms with E-state index in [4.69, 9.17) is 16.3 Å². The smallest absolute Gasteiger partial charge is 0.142 e. The van der Waals surface area contributed by atoms with E-state index in [9.17, 15) is 0 Å². The quantitative estimate of drug-likeness (QED) is 0.905. The molecule has 2 aromatic rings. The molecule has 0 fully saturated rings. The lowest BCUT2D eigenvalue weighted by molar-refractivity contribution is 0.341. The number of hydrogen-bond acceptors (Lipinski definition) is 5. The van der Waals surface area contributed by atoms with Gasteiger partial charge in [-0.3, -0.25) is 0 Å². The Morgan fingerprint density at radius 3 is 3.06 bits per heavy atom. The Bertz CT molecular complexity index is 476. The van der Waals surface area contributed by atoms with Crippen LogP contribution in [-0.2, 0) is 6.54 Å². The molecule has 1 N–H and O–H groups in total. The molecular formula is C11H12ClN3OS. The van der Waals surface area contributed by atoms with Gasteiger partial charge in [0.15, 0.2) is 0 Å². The molecule has 0 saturated carbocycles. The van der Waals surface area contributed by atoms with Gasteiger partial charge in [0.25, 0.3) is 0 Å². The Kier molecular flexibility index (Phi) is 4.17. The molecule has 4 nitrogen and oxygen atoms in total. The number of hydrogen-bond donors (Lipinski definition) is 1. The highest BCUT2D eigenvalue weighted by molar-refractivity contribution is 7.03. The molecule has 2 rings (SSSR count). The van der Waals surface area contributed by atoms with E-state index in [1.807, 2.05) is 30.5 Å². The summed E-state index contributed by atoms with van der Waals surface area (Å²) in [5.41, 5.74) is 1.77. The SMILES string of the molecule is CCOc1ccc(Cl)cc1NCc1csnn1. The van der Waals surface area contributed by atoms with Gasteiger partial charge in [-0.1, -0.05) is 16.1 Å². The minimum atomic E-state index is 0.608. The number of aromatic nitrogens is 2. The minimum Gasteiger partial charge on any atom is -0.492 e. The maximum Gasteiger partial charge on any atom is 0.142 e. The van der Waals surface area contributed by atoms with E-state index >= 15 is 0 Å². The van der Waals surface area contributed by atoms with Crippen LogP contribution in [0.3, 0.4) is 0 Å². The predicted molar refractivity (Wildman–Crippen MR) is 69.9 cm³/mol. The minimum absolute atomic E-state index is 0.608. The fourth-order valence-electron chi connectivity index (χ4n) is 1.37. The monoisotopic (exact) mass is 269 g/mol. The van der Waals surface area contributed by atoms with Crippen LogP contribution in [0.15, 0.2) is 23.6 Å². The van der Waals surface area contributed by atoms with Gasteiger partial charge in [-0.05, 0) is 36.7 Å². The van der Waals surface area contributed by atoms with Crippen molar-refractivity contribution in [1.82, 2.24) is 9.59 Å². The van der Waals surface area contributed by atoms with Crippen LogP contribution in [0.4, 0.5) is 5.69 Å². The summed E-state index contributed by atoms with van der Waals surface area (Å²) in [5, 5.41) is 9.77. The van der Waals surface area contributed by atoms with E-state index in [1.165, 1.54) is 11.5 Å². The zero-order chi connectivity index (χ0) is 12.1. The van der Waals surface area contributed by atoms with Gasteiger partial charge < -0.3 is 10.1 Å². The van der Waals surface area contributed by atoms with Crippen molar-refractivity contribution < 1.29 is 4.74 Å². The first-order chi connectivity index (χ1) is 8.29. The summed E-state index contributed by atoms with van der Waals surface area (Å²) in [4.78, 5) is 0. The molecule has 17 heavy (non-hydrogen) atoms. The molecular weight excluding hydrogens is 258 g/mol. The van der Waals surface area contributed by atoms with Crippen molar-refractivity contribution in [3.8, 4) is 5.75 Å². The largest absolute Gasteiger partial charge is 0.492 e. The Labute approximate surface area is 109 Å². The van der Waals surface area contributed by atoms with Crippen molar-refractivity contribution >= 4 is 28.8 Å². The predicted octanol–water partition coefficient (Wildman–Crippen LogP) is 3.20. The molecule has 0 aliphatic rings. The van der Waals surface area contributed by atoms with Gasteiger partial charge in [-0.2, -0.15) is 0 Å². The summed E-state index contributed by atoms with van der Waals surface area (Å²) in [5.74, 6) is 0.792. The van der Waals surface area contributed by atoms with Gasteiger partial charge in [0.1, 0.15) is 5.75 Å². The standard InChI is InChI=1S/C11H12ClN3OS/c1-2-16-11-4-3-8(12)5-10(11)13-6-9-7-17-15-14-9/h3-5,7,13H,2,6H2,1H3. The average molecular weight is 270 g/mol. The summed E-state index contributed by atoms with van der Waals surface area (Å²) in [6, 6.07) is 5.50. The van der Waals surface area contributed by atoms with Crippen molar-refractivity contribution in [2.24, 2.45) is 0 Å². The maximum absolute atomic E-state index is 5.96. The third kappa shape index (κ3) is 3.31. The summed E-state index contributed by atoms with van der Waals surface area (Å²) in [6.45, 7) is 3.17. The van der Waals surface area contributed by atoms with Crippen LogP contribution in [0.25, 0.3) is 0 Å². The lowest BCUT2D eigenvalue weighted by atomic mass is 10.3. The van der Waals surface area contributed by atoms with Crippen LogP contribution in [0, 0.1) is 0 Å². The molecule has 6 heteroatoms. The van der Waals surface area contributed by atoms with Gasteiger partial charge in [-0.15, -0.1) is 5.10 Å². The zero-order valence-electron chi connectivity index (χ0n) is 9.31. The van der Waals surface area contributed by atoms with Gasteiger partial charge in [-0.25, -0.2) is 0 Å². The summed E-state index contributed by atoms with van der Waals surface area (Å²) in [6.07, 6.45) is 0. The number of halogens is 1. The molecule has 90 valence electrons. The highest BCUT2D eigenvalue weighted by atomic mass is 35.5. The van der Waals surface area contributed by atoms with Gasteiger partial charge in [0, 0.05) is 10.4 Å². The van der Waals surface area contributed by atoms with Gasteiger partial charge in [0.05, 0.1) is 24.5 Å². The molecule has 0 unspecified atom stereocenters. The van der Waals surface area contributed by atoms with E-state index in [0.29, 0.717) is 18.2 Å². The second-order valence-corrected chi connectivity index (χ2v) is 4.37. The fourth-order valence-corrected chi connectivity index (χ4v) is 1.99. The Morgan fingerprint density at radius 1 is 1.47 bits per heavy atom. The van der Waals surface area contributed by atoms with Crippen LogP contribution in [0.2, 0.25) is 5.02 Å². The van der Waals surface area contributed by atoms with E-state index in [-0.39, 0.29) is 0 Å². The second kappa shape index (κ2) is 5.84. The van der Waals surface area contributed by atoms with Gasteiger partial charge >= 0.3 is 0 Å². The lowest BCUT2D eigenvalue weighted by Gasteiger charge is -2.11. The van der Waals surface area contributed by atoms with Gasteiger partial charge in [0.2, 0.25) is 0 Å². The molecule has 0 aliphatic carbocycles. The van der Waals surface area contributed by atoms with Crippen molar-refractivity contribution in [3.63, 3.8) is 0 Å². The molecule has 0 radical (unpaired) electrons. The molecule has 0 amide bonds. The molecule has 0 spiro atoms. The third-order valence-corrected chi connectivity index (χ3v) is 2.90. The number of anilines is 1. The average Bonchev–Trinajstić information content (AvgIpc) is 2.82. The van der Waals surface area contributed by atoms with Crippen LogP contribution in [0.1, 0.15) is 12.6 Å². The first-order valence-corrected chi connectivity index (χ1v) is 6.43. The van der Waals surface area contributed by atoms with E-state index in [1.54, 1.807) is 0 Å². The summed E-state index contributed by atoms with van der Waals surface area (Å²) in [7, 11) is 0. The van der Waals surface area contributed by atoms with Crippen LogP contribution in [0.5, 0.6) is 5.75 Å². The lowest BCUT2D eigenvalue weighted by Crippen LogP contribution is -2.03. The topological polar surface area (TPSA) is 47.0 Å². The number of nitrogens with zero attached hydrogens (tertiary/aromatic N) is 2. The normalized spacial score (nSPS) is 10.2. The first-order valence-electron chi connectivity index (χ1n) is 5.21. The molecule has 0 atom stereocenters. The van der Waals surface area contributed by atoms with Crippen molar-refractivity contribution in [2.45, 2.75) is 13.5 Å². The fraction of sp³-hybridized carbons (Fsp3) is 0.273. The van der Waals surface area contributed by atoms with Crippen LogP contribution in [-0.4, -0.2) is 16.2 Å². The second-order valence-electron chi connectivity index (χ2n) is 3.32. The van der Waals surface area contributed by atoms with Crippen LogP contribution < -0.4 is 10.1 Å². The van der Waals surface area contributed by atoms with Crippen molar-refractivity contribution in [3.05, 3.63) is 34.3 Å². The van der Waals surface area contributed by atoms with Crippen LogP contribution >= 0.6 is 23.1 Å². The maximum atomic E-state index is 5.96. The number of ether oxygens (including phenoxy) is 1. The molecule has 0 bridgehead atoms. The van der Waals surface area contributed by atoms with E-state index in [0.717, 1.165) is 17.1 Å². The summed E-state index contributed by atoms with van der Waals surface area (Å²) < 4.78 is 9.31. The summed E-state index contributed by atoms with van der Waals surface area (Å²) >= 11 is 7.29. The van der Waals surface area contributed by atoms with E-state index in [2.05, 4.69) is 14.9 Å². The third-order valence-electron chi connectivity index (χ3n) is 2.11. The van der Waals surface area contributed by atoms with E-state index < -0.39 is 0 Å². The number of benzene rings is 1. The highest BCUT2D eigenvalue weighted by Crippen LogP contribution is 2.28. The van der Waals surface area contributed by atoms with Crippen molar-refractivity contribution in [1.29, 1.82) is 0 Å². The molecule has 0 aliphatic heterocycles. The Morgan fingerprint density at radius 2 is 2.35 bits per heavy atom. The zero-order valence-corrected chi connectivity index (χ0v) is 10.9.